The van der Waals surface area contributed by atoms with E-state index in [0.29, 0.717) is 25.9 Å². The molecule has 1 unspecified atom stereocenters. The minimum atomic E-state index is -0.337. The van der Waals surface area contributed by atoms with E-state index in [9.17, 15) is 9.90 Å². The van der Waals surface area contributed by atoms with Gasteiger partial charge >= 0.3 is 6.03 Å². The van der Waals surface area contributed by atoms with Gasteiger partial charge in [0.1, 0.15) is 0 Å². The Bertz CT molecular complexity index is 440. The average molecular weight is 313 g/mol. The minimum absolute atomic E-state index is 0.0691. The first-order valence-electron chi connectivity index (χ1n) is 7.47. The van der Waals surface area contributed by atoms with E-state index in [1.165, 1.54) is 0 Å². The summed E-state index contributed by atoms with van der Waals surface area (Å²) >= 11 is 1.64. The maximum absolute atomic E-state index is 11.5. The summed E-state index contributed by atoms with van der Waals surface area (Å²) in [5.74, 6) is 0. The van der Waals surface area contributed by atoms with E-state index < -0.39 is 0 Å². The molecule has 1 rings (SSSR count). The SMILES string of the molecule is CCC(O)CCNC(=O)NCCc1nc(C(C)(C)C)cs1. The Morgan fingerprint density at radius 1 is 1.38 bits per heavy atom. The first kappa shape index (κ1) is 17.9. The maximum atomic E-state index is 11.5. The predicted molar refractivity (Wildman–Crippen MR) is 86.8 cm³/mol. The van der Waals surface area contributed by atoms with E-state index in [1.54, 1.807) is 11.3 Å². The number of hydrogen-bond acceptors (Lipinski definition) is 4. The fourth-order valence-corrected chi connectivity index (χ4v) is 2.70. The summed E-state index contributed by atoms with van der Waals surface area (Å²) in [6, 6.07) is -0.189. The van der Waals surface area contributed by atoms with Crippen LogP contribution >= 0.6 is 11.3 Å². The second kappa shape index (κ2) is 8.34. The van der Waals surface area contributed by atoms with Gasteiger partial charge < -0.3 is 15.7 Å². The van der Waals surface area contributed by atoms with Gasteiger partial charge in [-0.05, 0) is 12.8 Å². The van der Waals surface area contributed by atoms with E-state index in [1.807, 2.05) is 6.92 Å². The number of aromatic nitrogens is 1. The molecule has 0 aliphatic carbocycles. The molecule has 5 nitrogen and oxygen atoms in total. The third-order valence-corrected chi connectivity index (χ3v) is 4.09. The lowest BCUT2D eigenvalue weighted by Crippen LogP contribution is -2.37. The van der Waals surface area contributed by atoms with Crippen LogP contribution in [0.3, 0.4) is 0 Å². The molecule has 0 radical (unpaired) electrons. The Balaban J connectivity index is 2.21. The highest BCUT2D eigenvalue weighted by molar-refractivity contribution is 7.09. The van der Waals surface area contributed by atoms with Gasteiger partial charge in [0.05, 0.1) is 16.8 Å². The van der Waals surface area contributed by atoms with Crippen molar-refractivity contribution in [1.82, 2.24) is 15.6 Å². The second-order valence-electron chi connectivity index (χ2n) is 6.16. The van der Waals surface area contributed by atoms with Crippen LogP contribution in [-0.2, 0) is 11.8 Å². The molecule has 6 heteroatoms. The predicted octanol–water partition coefficient (Wildman–Crippen LogP) is 2.44. The van der Waals surface area contributed by atoms with Gasteiger partial charge in [-0.3, -0.25) is 0 Å². The zero-order valence-electron chi connectivity index (χ0n) is 13.4. The van der Waals surface area contributed by atoms with Gasteiger partial charge in [-0.1, -0.05) is 27.7 Å². The molecule has 3 N–H and O–H groups in total. The number of urea groups is 1. The highest BCUT2D eigenvalue weighted by Crippen LogP contribution is 2.23. The largest absolute Gasteiger partial charge is 0.393 e. The summed E-state index contributed by atoms with van der Waals surface area (Å²) in [5, 5.41) is 18.1. The normalized spacial score (nSPS) is 13.0. The number of carbonyl (C=O) groups is 1. The van der Waals surface area contributed by atoms with Crippen LogP contribution in [0.5, 0.6) is 0 Å². The van der Waals surface area contributed by atoms with Crippen molar-refractivity contribution >= 4 is 17.4 Å². The smallest absolute Gasteiger partial charge is 0.314 e. The Morgan fingerprint density at radius 3 is 2.62 bits per heavy atom. The maximum Gasteiger partial charge on any atom is 0.314 e. The van der Waals surface area contributed by atoms with Gasteiger partial charge in [0, 0.05) is 30.3 Å². The monoisotopic (exact) mass is 313 g/mol. The van der Waals surface area contributed by atoms with Crippen LogP contribution in [0.15, 0.2) is 5.38 Å². The van der Waals surface area contributed by atoms with E-state index in [2.05, 4.69) is 41.8 Å². The van der Waals surface area contributed by atoms with Crippen molar-refractivity contribution in [3.63, 3.8) is 0 Å². The van der Waals surface area contributed by atoms with Crippen LogP contribution in [0.25, 0.3) is 0 Å². The molecule has 0 saturated heterocycles. The molecule has 1 aromatic rings. The summed E-state index contributed by atoms with van der Waals surface area (Å²) in [6.07, 6.45) is 1.71. The molecule has 0 aliphatic rings. The van der Waals surface area contributed by atoms with Crippen molar-refractivity contribution in [3.8, 4) is 0 Å². The molecular formula is C15H27N3O2S. The topological polar surface area (TPSA) is 74.2 Å². The zero-order chi connectivity index (χ0) is 15.9. The van der Waals surface area contributed by atoms with Gasteiger partial charge in [0.15, 0.2) is 0 Å². The lowest BCUT2D eigenvalue weighted by molar-refractivity contribution is 0.160. The third kappa shape index (κ3) is 6.91. The second-order valence-corrected chi connectivity index (χ2v) is 7.10. The molecule has 1 heterocycles. The third-order valence-electron chi connectivity index (χ3n) is 3.18. The number of amides is 2. The molecule has 2 amide bonds. The van der Waals surface area contributed by atoms with Crippen LogP contribution in [0.2, 0.25) is 0 Å². The van der Waals surface area contributed by atoms with Crippen LogP contribution in [0.1, 0.15) is 51.2 Å². The quantitative estimate of drug-likeness (QED) is 0.724. The molecule has 0 fully saturated rings. The Kier molecular flexibility index (Phi) is 7.11. The Labute approximate surface area is 131 Å². The van der Waals surface area contributed by atoms with Crippen LogP contribution in [-0.4, -0.2) is 35.3 Å². The fraction of sp³-hybridized carbons (Fsp3) is 0.733. The zero-order valence-corrected chi connectivity index (χ0v) is 14.2. The number of nitrogens with zero attached hydrogens (tertiary/aromatic N) is 1. The molecule has 120 valence electrons. The van der Waals surface area contributed by atoms with E-state index in [-0.39, 0.29) is 17.6 Å². The number of hydrogen-bond donors (Lipinski definition) is 3. The van der Waals surface area contributed by atoms with Crippen LogP contribution in [0.4, 0.5) is 4.79 Å². The van der Waals surface area contributed by atoms with Crippen LogP contribution < -0.4 is 10.6 Å². The number of carbonyl (C=O) groups excluding carboxylic acids is 1. The lowest BCUT2D eigenvalue weighted by Gasteiger charge is -2.14. The van der Waals surface area contributed by atoms with Gasteiger partial charge in [0.2, 0.25) is 0 Å². The molecule has 21 heavy (non-hydrogen) atoms. The number of nitrogens with one attached hydrogen (secondary N) is 2. The van der Waals surface area contributed by atoms with E-state index in [0.717, 1.165) is 17.1 Å². The molecule has 0 bridgehead atoms. The fourth-order valence-electron chi connectivity index (χ4n) is 1.67. The molecule has 1 aromatic heterocycles. The molecule has 0 saturated carbocycles. The summed E-state index contributed by atoms with van der Waals surface area (Å²) in [6.45, 7) is 9.41. The van der Waals surface area contributed by atoms with Gasteiger partial charge in [-0.2, -0.15) is 0 Å². The van der Waals surface area contributed by atoms with Crippen molar-refractivity contribution < 1.29 is 9.90 Å². The van der Waals surface area contributed by atoms with Gasteiger partial charge in [-0.25, -0.2) is 9.78 Å². The van der Waals surface area contributed by atoms with Crippen molar-refractivity contribution in [2.24, 2.45) is 0 Å². The summed E-state index contributed by atoms with van der Waals surface area (Å²) in [7, 11) is 0. The van der Waals surface area contributed by atoms with Gasteiger partial charge in [-0.15, -0.1) is 11.3 Å². The highest BCUT2D eigenvalue weighted by Gasteiger charge is 2.17. The number of aliphatic hydroxyl groups excluding tert-OH is 1. The standard InChI is InChI=1S/C15H27N3O2S/c1-5-11(19)6-8-16-14(20)17-9-7-13-18-12(10-21-13)15(2,3)4/h10-11,19H,5-9H2,1-4H3,(H2,16,17,20). The number of thiazole rings is 1. The lowest BCUT2D eigenvalue weighted by atomic mass is 9.93. The van der Waals surface area contributed by atoms with Gasteiger partial charge in [0.25, 0.3) is 0 Å². The summed E-state index contributed by atoms with van der Waals surface area (Å²) < 4.78 is 0. The van der Waals surface area contributed by atoms with Crippen molar-refractivity contribution in [1.29, 1.82) is 0 Å². The van der Waals surface area contributed by atoms with Crippen molar-refractivity contribution in [2.45, 2.75) is 58.5 Å². The molecule has 0 aromatic carbocycles. The number of rotatable bonds is 7. The van der Waals surface area contributed by atoms with E-state index >= 15 is 0 Å². The average Bonchev–Trinajstić information content (AvgIpc) is 2.87. The summed E-state index contributed by atoms with van der Waals surface area (Å²) in [4.78, 5) is 16.1. The highest BCUT2D eigenvalue weighted by atomic mass is 32.1. The Morgan fingerprint density at radius 2 is 2.05 bits per heavy atom. The molecule has 0 spiro atoms. The first-order chi connectivity index (χ1) is 9.82. The van der Waals surface area contributed by atoms with Crippen LogP contribution in [0, 0.1) is 0 Å². The molecule has 1 atom stereocenters. The van der Waals surface area contributed by atoms with Crippen molar-refractivity contribution in [3.05, 3.63) is 16.1 Å². The molecule has 0 aliphatic heterocycles. The minimum Gasteiger partial charge on any atom is -0.393 e. The molecular weight excluding hydrogens is 286 g/mol. The van der Waals surface area contributed by atoms with Crippen molar-refractivity contribution in [2.75, 3.05) is 13.1 Å². The van der Waals surface area contributed by atoms with E-state index in [4.69, 9.17) is 0 Å². The first-order valence-corrected chi connectivity index (χ1v) is 8.35. The summed E-state index contributed by atoms with van der Waals surface area (Å²) in [5.41, 5.74) is 1.17. The number of aliphatic hydroxyl groups is 1. The Hall–Kier alpha value is -1.14.